The molecule has 1 aromatic rings. The maximum Gasteiger partial charge on any atom is -0.00147 e. The van der Waals surface area contributed by atoms with Gasteiger partial charge in [-0.3, -0.25) is 0 Å². The molecule has 20 heavy (non-hydrogen) atoms. The lowest BCUT2D eigenvalue weighted by Crippen LogP contribution is -2.27. The standard InChI is InChI=1S/C19H31N/c1-4-12-20-14-17-8-6-5-7-9-19(17)18-11-10-15(2)13-16(18)3/h10-11,13,17,19-20H,4-9,12,14H2,1-3H3. The van der Waals surface area contributed by atoms with Crippen molar-refractivity contribution in [2.75, 3.05) is 13.1 Å². The van der Waals surface area contributed by atoms with Gasteiger partial charge in [-0.2, -0.15) is 0 Å². The summed E-state index contributed by atoms with van der Waals surface area (Å²) >= 11 is 0. The SMILES string of the molecule is CCCNCC1CCCCCC1c1ccc(C)cc1C. The summed E-state index contributed by atoms with van der Waals surface area (Å²) in [5.41, 5.74) is 4.50. The van der Waals surface area contributed by atoms with Gasteiger partial charge in [0, 0.05) is 0 Å². The van der Waals surface area contributed by atoms with Gasteiger partial charge in [0.2, 0.25) is 0 Å². The van der Waals surface area contributed by atoms with Crippen LogP contribution in [0.3, 0.4) is 0 Å². The number of hydrogen-bond acceptors (Lipinski definition) is 1. The lowest BCUT2D eigenvalue weighted by Gasteiger charge is -2.27. The summed E-state index contributed by atoms with van der Waals surface area (Å²) < 4.78 is 0. The van der Waals surface area contributed by atoms with Crippen LogP contribution < -0.4 is 5.32 Å². The van der Waals surface area contributed by atoms with Crippen LogP contribution in [0.25, 0.3) is 0 Å². The predicted octanol–water partition coefficient (Wildman–Crippen LogP) is 4.97. The predicted molar refractivity (Wildman–Crippen MR) is 88.4 cm³/mol. The Morgan fingerprint density at radius 1 is 1.10 bits per heavy atom. The zero-order valence-electron chi connectivity index (χ0n) is 13.5. The van der Waals surface area contributed by atoms with E-state index >= 15 is 0 Å². The molecule has 0 amide bonds. The van der Waals surface area contributed by atoms with Crippen molar-refractivity contribution in [2.45, 2.75) is 65.2 Å². The molecule has 0 saturated heterocycles. The third-order valence-corrected chi connectivity index (χ3v) is 4.82. The largest absolute Gasteiger partial charge is 0.316 e. The van der Waals surface area contributed by atoms with Gasteiger partial charge in [0.15, 0.2) is 0 Å². The van der Waals surface area contributed by atoms with Gasteiger partial charge in [0.05, 0.1) is 0 Å². The van der Waals surface area contributed by atoms with Gasteiger partial charge in [0.1, 0.15) is 0 Å². The number of hydrogen-bond donors (Lipinski definition) is 1. The highest BCUT2D eigenvalue weighted by Gasteiger charge is 2.25. The summed E-state index contributed by atoms with van der Waals surface area (Å²) in [4.78, 5) is 0. The maximum atomic E-state index is 3.66. The number of nitrogens with one attached hydrogen (secondary N) is 1. The molecule has 1 nitrogen and oxygen atoms in total. The molecule has 1 fully saturated rings. The molecule has 1 aliphatic rings. The van der Waals surface area contributed by atoms with Crippen LogP contribution in [0.1, 0.15) is 68.1 Å². The van der Waals surface area contributed by atoms with Crippen LogP contribution >= 0.6 is 0 Å². The molecule has 1 aliphatic carbocycles. The summed E-state index contributed by atoms with van der Waals surface area (Å²) in [6.45, 7) is 9.11. The molecule has 1 saturated carbocycles. The van der Waals surface area contributed by atoms with Crippen LogP contribution in [0, 0.1) is 19.8 Å². The van der Waals surface area contributed by atoms with Crippen LogP contribution in [-0.4, -0.2) is 13.1 Å². The minimum absolute atomic E-state index is 0.766. The Balaban J connectivity index is 2.14. The van der Waals surface area contributed by atoms with E-state index in [4.69, 9.17) is 0 Å². The number of rotatable bonds is 5. The fourth-order valence-corrected chi connectivity index (χ4v) is 3.74. The normalized spacial score (nSPS) is 23.6. The third-order valence-electron chi connectivity index (χ3n) is 4.82. The van der Waals surface area contributed by atoms with Crippen LogP contribution in [0.4, 0.5) is 0 Å². The minimum atomic E-state index is 0.766. The average molecular weight is 273 g/mol. The molecule has 0 aromatic heterocycles. The Labute approximate surface area is 125 Å². The molecule has 2 unspecified atom stereocenters. The van der Waals surface area contributed by atoms with Gasteiger partial charge in [0.25, 0.3) is 0 Å². The molecule has 0 radical (unpaired) electrons. The quantitative estimate of drug-likeness (QED) is 0.590. The Hall–Kier alpha value is -0.820. The van der Waals surface area contributed by atoms with Crippen molar-refractivity contribution < 1.29 is 0 Å². The van der Waals surface area contributed by atoms with E-state index in [2.05, 4.69) is 44.3 Å². The Morgan fingerprint density at radius 2 is 1.90 bits per heavy atom. The molecule has 112 valence electrons. The van der Waals surface area contributed by atoms with Crippen LogP contribution in [0.15, 0.2) is 18.2 Å². The molecule has 1 N–H and O–H groups in total. The van der Waals surface area contributed by atoms with E-state index in [0.717, 1.165) is 18.4 Å². The average Bonchev–Trinajstić information content (AvgIpc) is 2.65. The monoisotopic (exact) mass is 273 g/mol. The summed E-state index contributed by atoms with van der Waals surface area (Å²) in [7, 11) is 0. The van der Waals surface area contributed by atoms with Crippen molar-refractivity contribution in [1.82, 2.24) is 5.32 Å². The van der Waals surface area contributed by atoms with Crippen molar-refractivity contribution in [2.24, 2.45) is 5.92 Å². The van der Waals surface area contributed by atoms with Crippen LogP contribution in [0.5, 0.6) is 0 Å². The number of aryl methyl sites for hydroxylation is 2. The Bertz CT molecular complexity index is 410. The van der Waals surface area contributed by atoms with E-state index in [1.165, 1.54) is 56.2 Å². The van der Waals surface area contributed by atoms with Crippen LogP contribution in [0.2, 0.25) is 0 Å². The lowest BCUT2D eigenvalue weighted by atomic mass is 9.80. The molecular formula is C19H31N. The zero-order chi connectivity index (χ0) is 14.4. The smallest absolute Gasteiger partial charge is 0.00147 e. The first kappa shape index (κ1) is 15.6. The van der Waals surface area contributed by atoms with Crippen molar-refractivity contribution in [3.63, 3.8) is 0 Å². The number of benzene rings is 1. The summed E-state index contributed by atoms with van der Waals surface area (Å²) in [6, 6.07) is 7.05. The van der Waals surface area contributed by atoms with Gasteiger partial charge in [-0.1, -0.05) is 49.9 Å². The molecule has 0 aliphatic heterocycles. The van der Waals surface area contributed by atoms with Crippen molar-refractivity contribution >= 4 is 0 Å². The highest BCUT2D eigenvalue weighted by molar-refractivity contribution is 5.33. The molecule has 0 heterocycles. The molecular weight excluding hydrogens is 242 g/mol. The van der Waals surface area contributed by atoms with Gasteiger partial charge in [-0.15, -0.1) is 0 Å². The van der Waals surface area contributed by atoms with Gasteiger partial charge in [-0.05, 0) is 69.2 Å². The summed E-state index contributed by atoms with van der Waals surface area (Å²) in [5.74, 6) is 1.59. The first-order valence-corrected chi connectivity index (χ1v) is 8.50. The summed E-state index contributed by atoms with van der Waals surface area (Å²) in [5, 5.41) is 3.66. The fraction of sp³-hybridized carbons (Fsp3) is 0.684. The second kappa shape index (κ2) is 7.83. The van der Waals surface area contributed by atoms with Gasteiger partial charge in [-0.25, -0.2) is 0 Å². The maximum absolute atomic E-state index is 3.66. The topological polar surface area (TPSA) is 12.0 Å². The third kappa shape index (κ3) is 4.09. The van der Waals surface area contributed by atoms with E-state index in [1.807, 2.05) is 0 Å². The van der Waals surface area contributed by atoms with Gasteiger partial charge < -0.3 is 5.32 Å². The summed E-state index contributed by atoms with van der Waals surface area (Å²) in [6.07, 6.45) is 8.26. The van der Waals surface area contributed by atoms with Crippen LogP contribution in [-0.2, 0) is 0 Å². The fourth-order valence-electron chi connectivity index (χ4n) is 3.74. The second-order valence-electron chi connectivity index (χ2n) is 6.57. The van der Waals surface area contributed by atoms with Crippen molar-refractivity contribution in [1.29, 1.82) is 0 Å². The van der Waals surface area contributed by atoms with Crippen molar-refractivity contribution in [3.8, 4) is 0 Å². The van der Waals surface area contributed by atoms with E-state index in [1.54, 1.807) is 5.56 Å². The highest BCUT2D eigenvalue weighted by atomic mass is 14.9. The molecule has 1 aromatic carbocycles. The Kier molecular flexibility index (Phi) is 6.09. The Morgan fingerprint density at radius 3 is 2.65 bits per heavy atom. The van der Waals surface area contributed by atoms with E-state index in [-0.39, 0.29) is 0 Å². The van der Waals surface area contributed by atoms with E-state index < -0.39 is 0 Å². The molecule has 2 atom stereocenters. The van der Waals surface area contributed by atoms with E-state index in [9.17, 15) is 0 Å². The molecule has 1 heteroatoms. The molecule has 2 rings (SSSR count). The van der Waals surface area contributed by atoms with Gasteiger partial charge >= 0.3 is 0 Å². The zero-order valence-corrected chi connectivity index (χ0v) is 13.5. The lowest BCUT2D eigenvalue weighted by molar-refractivity contribution is 0.375. The molecule has 0 spiro atoms. The first-order chi connectivity index (χ1) is 9.72. The highest BCUT2D eigenvalue weighted by Crippen LogP contribution is 2.37. The molecule has 0 bridgehead atoms. The first-order valence-electron chi connectivity index (χ1n) is 8.50. The second-order valence-corrected chi connectivity index (χ2v) is 6.57. The minimum Gasteiger partial charge on any atom is -0.316 e. The van der Waals surface area contributed by atoms with E-state index in [0.29, 0.717) is 0 Å². The van der Waals surface area contributed by atoms with Crippen molar-refractivity contribution in [3.05, 3.63) is 34.9 Å².